The summed E-state index contributed by atoms with van der Waals surface area (Å²) in [5.41, 5.74) is 1.31. The average molecular weight is 467 g/mol. The van der Waals surface area contributed by atoms with Crippen LogP contribution in [0.1, 0.15) is 5.76 Å². The van der Waals surface area contributed by atoms with Crippen molar-refractivity contribution in [3.63, 3.8) is 0 Å². The molecule has 0 spiro atoms. The lowest BCUT2D eigenvalue weighted by Gasteiger charge is -2.11. The van der Waals surface area contributed by atoms with E-state index in [1.807, 2.05) is 12.1 Å². The Kier molecular flexibility index (Phi) is 7.57. The lowest BCUT2D eigenvalue weighted by Crippen LogP contribution is -2.35. The number of anilines is 1. The Morgan fingerprint density at radius 1 is 1.10 bits per heavy atom. The number of nitrogens with one attached hydrogen (secondary N) is 2. The Hall–Kier alpha value is -2.03. The van der Waals surface area contributed by atoms with Crippen LogP contribution in [0.15, 0.2) is 63.9 Å². The monoisotopic (exact) mass is 466 g/mol. The van der Waals surface area contributed by atoms with Crippen LogP contribution in [0.2, 0.25) is 10.0 Å². The maximum absolute atomic E-state index is 12.1. The summed E-state index contributed by atoms with van der Waals surface area (Å²) in [5.74, 6) is 1.01. The summed E-state index contributed by atoms with van der Waals surface area (Å²) in [5, 5.41) is 15.9. The molecule has 0 fully saturated rings. The summed E-state index contributed by atoms with van der Waals surface area (Å²) in [4.78, 5) is 13.0. The van der Waals surface area contributed by atoms with Crippen LogP contribution < -0.4 is 10.6 Å². The highest BCUT2D eigenvalue weighted by atomic mass is 35.5. The van der Waals surface area contributed by atoms with Gasteiger partial charge in [-0.3, -0.25) is 4.79 Å². The molecule has 1 aromatic heterocycles. The molecular weight excluding hydrogens is 451 g/mol. The number of aliphatic hydroxyl groups excluding tert-OH is 1. The summed E-state index contributed by atoms with van der Waals surface area (Å²) in [6, 6.07) is 15.9. The molecule has 1 heterocycles. The second-order valence-electron chi connectivity index (χ2n) is 5.86. The molecule has 0 saturated carbocycles. The van der Waals surface area contributed by atoms with Crippen LogP contribution in [0.25, 0.3) is 11.3 Å². The Morgan fingerprint density at radius 2 is 1.86 bits per heavy atom. The van der Waals surface area contributed by atoms with Gasteiger partial charge >= 0.3 is 0 Å². The van der Waals surface area contributed by atoms with Gasteiger partial charge in [-0.25, -0.2) is 0 Å². The first-order chi connectivity index (χ1) is 13.9. The second-order valence-corrected chi connectivity index (χ2v) is 8.16. The van der Waals surface area contributed by atoms with Gasteiger partial charge in [-0.15, -0.1) is 11.8 Å². The van der Waals surface area contributed by atoms with E-state index in [4.69, 9.17) is 44.9 Å². The highest BCUT2D eigenvalue weighted by molar-refractivity contribution is 8.00. The topological polar surface area (TPSA) is 74.5 Å². The number of halogens is 2. The summed E-state index contributed by atoms with van der Waals surface area (Å²) in [6.45, 7) is -0.179. The number of carbonyl (C=O) groups is 1. The van der Waals surface area contributed by atoms with Gasteiger partial charge in [0.05, 0.1) is 10.8 Å². The zero-order chi connectivity index (χ0) is 20.8. The molecule has 29 heavy (non-hydrogen) atoms. The van der Waals surface area contributed by atoms with Gasteiger partial charge in [0.1, 0.15) is 18.1 Å². The highest BCUT2D eigenvalue weighted by Gasteiger charge is 2.11. The molecule has 3 N–H and O–H groups in total. The first-order valence-electron chi connectivity index (χ1n) is 8.43. The molecule has 9 heteroatoms. The normalized spacial score (nSPS) is 10.6. The van der Waals surface area contributed by atoms with Crippen LogP contribution >= 0.6 is 47.2 Å². The Labute approximate surface area is 187 Å². The highest BCUT2D eigenvalue weighted by Crippen LogP contribution is 2.31. The van der Waals surface area contributed by atoms with E-state index in [0.29, 0.717) is 32.8 Å². The molecule has 0 bridgehead atoms. The molecule has 150 valence electrons. The van der Waals surface area contributed by atoms with E-state index in [1.54, 1.807) is 42.5 Å². The number of carbonyl (C=O) groups excluding carboxylic acids is 1. The standard InChI is InChI=1S/C20H16Cl2N2O3S2/c21-12-1-5-15(6-2-12)29-11-19(26)24-20(28)23-13-3-7-16(17(22)9-13)18-8-4-14(10-25)27-18/h1-9,25H,10-11H2,(H2,23,24,26,28). The minimum atomic E-state index is -0.225. The molecule has 3 rings (SSSR count). The fraction of sp³-hybridized carbons (Fsp3) is 0.100. The van der Waals surface area contributed by atoms with Crippen LogP contribution in [-0.2, 0) is 11.4 Å². The minimum Gasteiger partial charge on any atom is -0.459 e. The molecule has 5 nitrogen and oxygen atoms in total. The molecule has 0 aliphatic heterocycles. The summed E-state index contributed by atoms with van der Waals surface area (Å²) in [7, 11) is 0. The summed E-state index contributed by atoms with van der Waals surface area (Å²) >= 11 is 18.7. The number of hydrogen-bond acceptors (Lipinski definition) is 5. The molecule has 0 aliphatic rings. The van der Waals surface area contributed by atoms with E-state index in [1.165, 1.54) is 11.8 Å². The lowest BCUT2D eigenvalue weighted by atomic mass is 10.1. The number of amides is 1. The van der Waals surface area contributed by atoms with Gasteiger partial charge < -0.3 is 20.2 Å². The third kappa shape index (κ3) is 6.22. The molecule has 0 aliphatic carbocycles. The number of rotatable bonds is 6. The minimum absolute atomic E-state index is 0.177. The van der Waals surface area contributed by atoms with E-state index in [-0.39, 0.29) is 23.4 Å². The van der Waals surface area contributed by atoms with E-state index >= 15 is 0 Å². The lowest BCUT2D eigenvalue weighted by molar-refractivity contribution is -0.117. The predicted octanol–water partition coefficient (Wildman–Crippen LogP) is 5.35. The Morgan fingerprint density at radius 3 is 2.52 bits per heavy atom. The molecule has 0 atom stereocenters. The van der Waals surface area contributed by atoms with Gasteiger partial charge in [0.25, 0.3) is 0 Å². The van der Waals surface area contributed by atoms with E-state index in [2.05, 4.69) is 10.6 Å². The Balaban J connectivity index is 1.53. The van der Waals surface area contributed by atoms with Crippen molar-refractivity contribution in [1.82, 2.24) is 5.32 Å². The predicted molar refractivity (Wildman–Crippen MR) is 122 cm³/mol. The van der Waals surface area contributed by atoms with Crippen molar-refractivity contribution in [3.8, 4) is 11.3 Å². The van der Waals surface area contributed by atoms with Crippen molar-refractivity contribution >= 4 is 63.9 Å². The molecular formula is C20H16Cl2N2O3S2. The van der Waals surface area contributed by atoms with Gasteiger partial charge in [0.15, 0.2) is 5.11 Å². The van der Waals surface area contributed by atoms with E-state index in [0.717, 1.165) is 4.90 Å². The smallest absolute Gasteiger partial charge is 0.236 e. The summed E-state index contributed by atoms with van der Waals surface area (Å²) < 4.78 is 5.50. The number of thioether (sulfide) groups is 1. The van der Waals surface area contributed by atoms with Gasteiger partial charge in [0.2, 0.25) is 5.91 Å². The van der Waals surface area contributed by atoms with Crippen molar-refractivity contribution in [3.05, 3.63) is 70.4 Å². The van der Waals surface area contributed by atoms with Crippen molar-refractivity contribution < 1.29 is 14.3 Å². The maximum atomic E-state index is 12.1. The van der Waals surface area contributed by atoms with E-state index < -0.39 is 0 Å². The third-order valence-corrected chi connectivity index (χ3v) is 5.53. The quantitative estimate of drug-likeness (QED) is 0.335. The second kappa shape index (κ2) is 10.1. The van der Waals surface area contributed by atoms with Crippen molar-refractivity contribution in [2.45, 2.75) is 11.5 Å². The number of furan rings is 1. The molecule has 1 amide bonds. The van der Waals surface area contributed by atoms with Crippen molar-refractivity contribution in [2.75, 3.05) is 11.1 Å². The number of aliphatic hydroxyl groups is 1. The van der Waals surface area contributed by atoms with Crippen LogP contribution in [0, 0.1) is 0 Å². The average Bonchev–Trinajstić information content (AvgIpc) is 3.16. The number of hydrogen-bond donors (Lipinski definition) is 3. The largest absolute Gasteiger partial charge is 0.459 e. The maximum Gasteiger partial charge on any atom is 0.236 e. The zero-order valence-electron chi connectivity index (χ0n) is 14.9. The summed E-state index contributed by atoms with van der Waals surface area (Å²) in [6.07, 6.45) is 0. The van der Waals surface area contributed by atoms with Crippen molar-refractivity contribution in [1.29, 1.82) is 0 Å². The Bertz CT molecular complexity index is 1020. The molecule has 0 saturated heterocycles. The SMILES string of the molecule is O=C(CSc1ccc(Cl)cc1)NC(=S)Nc1ccc(-c2ccc(CO)o2)c(Cl)c1. The van der Waals surface area contributed by atoms with Gasteiger partial charge in [-0.2, -0.15) is 0 Å². The molecule has 2 aromatic carbocycles. The zero-order valence-corrected chi connectivity index (χ0v) is 18.1. The van der Waals surface area contributed by atoms with Crippen molar-refractivity contribution in [2.24, 2.45) is 0 Å². The fourth-order valence-corrected chi connectivity index (χ4v) is 3.73. The number of thiocarbonyl (C=S) groups is 1. The van der Waals surface area contributed by atoms with Gasteiger partial charge in [-0.1, -0.05) is 23.2 Å². The van der Waals surface area contributed by atoms with Crippen LogP contribution in [0.5, 0.6) is 0 Å². The fourth-order valence-electron chi connectivity index (χ4n) is 2.41. The molecule has 3 aromatic rings. The van der Waals surface area contributed by atoms with Gasteiger partial charge in [0, 0.05) is 21.2 Å². The van der Waals surface area contributed by atoms with Gasteiger partial charge in [-0.05, 0) is 66.8 Å². The molecule has 0 radical (unpaired) electrons. The molecule has 0 unspecified atom stereocenters. The van der Waals surface area contributed by atoms with Crippen LogP contribution in [-0.4, -0.2) is 21.9 Å². The first kappa shape index (κ1) is 21.7. The van der Waals surface area contributed by atoms with Crippen LogP contribution in [0.3, 0.4) is 0 Å². The van der Waals surface area contributed by atoms with E-state index in [9.17, 15) is 4.79 Å². The number of benzene rings is 2. The van der Waals surface area contributed by atoms with Crippen LogP contribution in [0.4, 0.5) is 5.69 Å². The first-order valence-corrected chi connectivity index (χ1v) is 10.6. The third-order valence-electron chi connectivity index (χ3n) is 3.75.